The van der Waals surface area contributed by atoms with Crippen LogP contribution in [0.2, 0.25) is 5.02 Å². The van der Waals surface area contributed by atoms with E-state index >= 15 is 0 Å². The van der Waals surface area contributed by atoms with Crippen LogP contribution in [-0.2, 0) is 0 Å². The van der Waals surface area contributed by atoms with Crippen LogP contribution in [0, 0.1) is 11.3 Å². The Balaban J connectivity index is 2.07. The van der Waals surface area contributed by atoms with Crippen molar-refractivity contribution in [1.82, 2.24) is 0 Å². The van der Waals surface area contributed by atoms with E-state index in [1.807, 2.05) is 12.1 Å². The molecule has 4 aromatic rings. The summed E-state index contributed by atoms with van der Waals surface area (Å²) in [4.78, 5) is 0. The molecule has 0 bridgehead atoms. The summed E-state index contributed by atoms with van der Waals surface area (Å²) < 4.78 is 2.50. The fourth-order valence-electron chi connectivity index (χ4n) is 2.78. The molecule has 3 aromatic carbocycles. The number of thiophene rings is 1. The lowest BCUT2D eigenvalue weighted by Crippen LogP contribution is -1.82. The van der Waals surface area contributed by atoms with Crippen molar-refractivity contribution in [2.24, 2.45) is 0 Å². The molecule has 0 unspecified atom stereocenters. The van der Waals surface area contributed by atoms with Crippen LogP contribution in [-0.4, -0.2) is 0 Å². The van der Waals surface area contributed by atoms with E-state index in [9.17, 15) is 0 Å². The molecule has 104 valence electrons. The van der Waals surface area contributed by atoms with E-state index in [2.05, 4.69) is 48.5 Å². The Morgan fingerprint density at radius 3 is 2.59 bits per heavy atom. The molecule has 0 spiro atoms. The van der Waals surface area contributed by atoms with Gasteiger partial charge in [0, 0.05) is 25.2 Å². The number of hydrogen-bond donors (Lipinski definition) is 0. The van der Waals surface area contributed by atoms with Crippen molar-refractivity contribution in [2.75, 3.05) is 0 Å². The van der Waals surface area contributed by atoms with Crippen molar-refractivity contribution in [3.8, 4) is 17.2 Å². The van der Waals surface area contributed by atoms with E-state index in [-0.39, 0.29) is 0 Å². The smallest absolute Gasteiger partial charge is 0.0992 e. The zero-order valence-corrected chi connectivity index (χ0v) is 13.1. The quantitative estimate of drug-likeness (QED) is 0.407. The third-order valence-electron chi connectivity index (χ3n) is 3.74. The molecule has 0 saturated carbocycles. The van der Waals surface area contributed by atoms with Crippen molar-refractivity contribution in [2.45, 2.75) is 0 Å². The van der Waals surface area contributed by atoms with Gasteiger partial charge in [-0.25, -0.2) is 0 Å². The fourth-order valence-corrected chi connectivity index (χ4v) is 4.26. The van der Waals surface area contributed by atoms with E-state index in [0.29, 0.717) is 10.6 Å². The van der Waals surface area contributed by atoms with E-state index in [0.717, 1.165) is 11.1 Å². The van der Waals surface area contributed by atoms with E-state index < -0.39 is 0 Å². The van der Waals surface area contributed by atoms with Gasteiger partial charge in [0.2, 0.25) is 0 Å². The molecule has 0 radical (unpaired) electrons. The Labute approximate surface area is 137 Å². The van der Waals surface area contributed by atoms with Crippen LogP contribution in [0.15, 0.2) is 60.7 Å². The summed E-state index contributed by atoms with van der Waals surface area (Å²) >= 11 is 7.94. The van der Waals surface area contributed by atoms with Gasteiger partial charge in [0.05, 0.1) is 11.6 Å². The van der Waals surface area contributed by atoms with Gasteiger partial charge in [-0.2, -0.15) is 5.26 Å². The topological polar surface area (TPSA) is 23.8 Å². The van der Waals surface area contributed by atoms with Crippen LogP contribution in [0.1, 0.15) is 5.56 Å². The van der Waals surface area contributed by atoms with E-state index in [1.165, 1.54) is 20.2 Å². The maximum Gasteiger partial charge on any atom is 0.0992 e. The number of nitrogens with zero attached hydrogens (tertiary/aromatic N) is 1. The first-order valence-corrected chi connectivity index (χ1v) is 8.07. The highest BCUT2D eigenvalue weighted by Gasteiger charge is 2.11. The molecule has 4 rings (SSSR count). The second-order valence-electron chi connectivity index (χ2n) is 5.12. The van der Waals surface area contributed by atoms with Crippen molar-refractivity contribution in [1.29, 1.82) is 5.26 Å². The molecule has 0 aliphatic carbocycles. The molecule has 0 amide bonds. The molecule has 1 heterocycles. The molecule has 0 atom stereocenters. The predicted molar refractivity (Wildman–Crippen MR) is 94.5 cm³/mol. The SMILES string of the molecule is N#Cc1cc(Cl)cc(-c2cccc3c2sc2ccccc23)c1. The number of benzene rings is 3. The highest BCUT2D eigenvalue weighted by Crippen LogP contribution is 2.40. The minimum atomic E-state index is 0.584. The molecule has 0 fully saturated rings. The van der Waals surface area contributed by atoms with Gasteiger partial charge in [-0.1, -0.05) is 48.0 Å². The zero-order chi connectivity index (χ0) is 15.1. The molecule has 1 nitrogen and oxygen atoms in total. The van der Waals surface area contributed by atoms with Crippen molar-refractivity contribution in [3.63, 3.8) is 0 Å². The number of nitriles is 1. The minimum Gasteiger partial charge on any atom is -0.192 e. The molecular weight excluding hydrogens is 310 g/mol. The molecule has 1 aromatic heterocycles. The minimum absolute atomic E-state index is 0.584. The lowest BCUT2D eigenvalue weighted by Gasteiger charge is -2.05. The Morgan fingerprint density at radius 1 is 0.909 bits per heavy atom. The van der Waals surface area contributed by atoms with Crippen LogP contribution < -0.4 is 0 Å². The fraction of sp³-hybridized carbons (Fsp3) is 0. The van der Waals surface area contributed by atoms with Gasteiger partial charge < -0.3 is 0 Å². The lowest BCUT2D eigenvalue weighted by molar-refractivity contribution is 1.48. The van der Waals surface area contributed by atoms with Crippen molar-refractivity contribution < 1.29 is 0 Å². The maximum absolute atomic E-state index is 9.15. The largest absolute Gasteiger partial charge is 0.192 e. The molecular formula is C19H10ClNS. The third-order valence-corrected chi connectivity index (χ3v) is 5.18. The van der Waals surface area contributed by atoms with Crippen LogP contribution in [0.4, 0.5) is 0 Å². The first-order chi connectivity index (χ1) is 10.8. The summed E-state index contributed by atoms with van der Waals surface area (Å²) in [5.74, 6) is 0. The molecule has 0 N–H and O–H groups in total. The Hall–Kier alpha value is -2.34. The number of halogens is 1. The average molecular weight is 320 g/mol. The molecule has 0 aliphatic rings. The second kappa shape index (κ2) is 5.14. The van der Waals surface area contributed by atoms with Gasteiger partial charge in [-0.05, 0) is 35.4 Å². The first kappa shape index (κ1) is 13.3. The lowest BCUT2D eigenvalue weighted by atomic mass is 10.0. The third kappa shape index (κ3) is 2.07. The summed E-state index contributed by atoms with van der Waals surface area (Å²) in [5.41, 5.74) is 2.69. The average Bonchev–Trinajstić information content (AvgIpc) is 2.92. The summed E-state index contributed by atoms with van der Waals surface area (Å²) in [7, 11) is 0. The van der Waals surface area contributed by atoms with Gasteiger partial charge in [-0.15, -0.1) is 11.3 Å². The highest BCUT2D eigenvalue weighted by molar-refractivity contribution is 7.26. The van der Waals surface area contributed by atoms with Gasteiger partial charge in [0.25, 0.3) is 0 Å². The Kier molecular flexibility index (Phi) is 3.11. The predicted octanol–water partition coefficient (Wildman–Crippen LogP) is 6.25. The standard InChI is InChI=1S/C19H10ClNS/c20-14-9-12(11-21)8-13(10-14)15-5-3-6-17-16-4-1-2-7-18(16)22-19(15)17/h1-10H. The first-order valence-electron chi connectivity index (χ1n) is 6.87. The number of hydrogen-bond acceptors (Lipinski definition) is 2. The summed E-state index contributed by atoms with van der Waals surface area (Å²) in [6.45, 7) is 0. The van der Waals surface area contributed by atoms with Crippen LogP contribution in [0.5, 0.6) is 0 Å². The van der Waals surface area contributed by atoms with Gasteiger partial charge in [0.15, 0.2) is 0 Å². The number of fused-ring (bicyclic) bond motifs is 3. The Bertz CT molecular complexity index is 1060. The van der Waals surface area contributed by atoms with E-state index in [4.69, 9.17) is 16.9 Å². The van der Waals surface area contributed by atoms with Crippen molar-refractivity contribution in [3.05, 3.63) is 71.2 Å². The van der Waals surface area contributed by atoms with Crippen molar-refractivity contribution >= 4 is 43.1 Å². The summed E-state index contributed by atoms with van der Waals surface area (Å²) in [6, 6.07) is 22.4. The Morgan fingerprint density at radius 2 is 1.73 bits per heavy atom. The van der Waals surface area contributed by atoms with Gasteiger partial charge in [-0.3, -0.25) is 0 Å². The summed E-state index contributed by atoms with van der Waals surface area (Å²) in [5, 5.41) is 12.3. The monoisotopic (exact) mass is 319 g/mol. The molecule has 22 heavy (non-hydrogen) atoms. The summed E-state index contributed by atoms with van der Waals surface area (Å²) in [6.07, 6.45) is 0. The second-order valence-corrected chi connectivity index (χ2v) is 6.61. The van der Waals surface area contributed by atoms with Crippen LogP contribution in [0.3, 0.4) is 0 Å². The van der Waals surface area contributed by atoms with Gasteiger partial charge >= 0.3 is 0 Å². The zero-order valence-electron chi connectivity index (χ0n) is 11.5. The van der Waals surface area contributed by atoms with E-state index in [1.54, 1.807) is 17.4 Å². The molecule has 3 heteroatoms. The number of rotatable bonds is 1. The van der Waals surface area contributed by atoms with Crippen LogP contribution >= 0.6 is 22.9 Å². The van der Waals surface area contributed by atoms with Crippen LogP contribution in [0.25, 0.3) is 31.3 Å². The normalized spacial score (nSPS) is 10.9. The highest BCUT2D eigenvalue weighted by atomic mass is 35.5. The molecule has 0 aliphatic heterocycles. The molecule has 0 saturated heterocycles. The maximum atomic E-state index is 9.15. The van der Waals surface area contributed by atoms with Gasteiger partial charge in [0.1, 0.15) is 0 Å².